The molecule has 3 rings (SSSR count). The van der Waals surface area contributed by atoms with Gasteiger partial charge in [0.2, 0.25) is 0 Å². The minimum Gasteiger partial charge on any atom is -0.423 e. The highest BCUT2D eigenvalue weighted by Crippen LogP contribution is 2.26. The van der Waals surface area contributed by atoms with Gasteiger partial charge in [-0.3, -0.25) is 0 Å². The molecule has 0 aliphatic carbocycles. The summed E-state index contributed by atoms with van der Waals surface area (Å²) in [6.07, 6.45) is 2.86. The van der Waals surface area contributed by atoms with Crippen LogP contribution >= 0.6 is 23.2 Å². The van der Waals surface area contributed by atoms with Crippen molar-refractivity contribution in [2.45, 2.75) is 6.92 Å². The van der Waals surface area contributed by atoms with Crippen LogP contribution in [0.25, 0.3) is 17.2 Å². The Morgan fingerprint density at radius 3 is 1.96 bits per heavy atom. The molecule has 4 heteroatoms. The molecule has 0 aromatic heterocycles. The molecule has 0 atom stereocenters. The Balaban J connectivity index is 1.68. The van der Waals surface area contributed by atoms with E-state index in [0.29, 0.717) is 21.4 Å². The van der Waals surface area contributed by atoms with Gasteiger partial charge in [-0.05, 0) is 48.4 Å². The zero-order valence-electron chi connectivity index (χ0n) is 14.1. The van der Waals surface area contributed by atoms with Gasteiger partial charge in [-0.1, -0.05) is 71.2 Å². The van der Waals surface area contributed by atoms with Crippen molar-refractivity contribution in [3.05, 3.63) is 94.0 Å². The summed E-state index contributed by atoms with van der Waals surface area (Å²) < 4.78 is 5.31. The standard InChI is InChI=1S/C22H16Cl2O2/c1-15-5-7-16(8-6-15)17-9-11-18(12-10-17)26-22(25)14-13-19-20(23)3-2-4-21(19)24/h2-14H,1H3/b14-13+. The molecule has 26 heavy (non-hydrogen) atoms. The smallest absolute Gasteiger partial charge is 0.336 e. The number of hydrogen-bond donors (Lipinski definition) is 0. The highest BCUT2D eigenvalue weighted by molar-refractivity contribution is 6.37. The zero-order chi connectivity index (χ0) is 18.5. The second kappa shape index (κ2) is 8.22. The summed E-state index contributed by atoms with van der Waals surface area (Å²) in [6, 6.07) is 20.8. The average molecular weight is 383 g/mol. The maximum absolute atomic E-state index is 12.0. The number of rotatable bonds is 4. The van der Waals surface area contributed by atoms with Crippen LogP contribution in [-0.2, 0) is 4.79 Å². The number of hydrogen-bond acceptors (Lipinski definition) is 2. The van der Waals surface area contributed by atoms with Crippen LogP contribution in [0.2, 0.25) is 10.0 Å². The molecule has 130 valence electrons. The summed E-state index contributed by atoms with van der Waals surface area (Å²) in [5, 5.41) is 0.952. The van der Waals surface area contributed by atoms with Crippen LogP contribution < -0.4 is 4.74 Å². The van der Waals surface area contributed by atoms with E-state index in [1.807, 2.05) is 12.1 Å². The number of ether oxygens (including phenoxy) is 1. The van der Waals surface area contributed by atoms with Gasteiger partial charge in [0.1, 0.15) is 5.75 Å². The van der Waals surface area contributed by atoms with Crippen LogP contribution in [0, 0.1) is 6.92 Å². The van der Waals surface area contributed by atoms with Crippen molar-refractivity contribution in [2.24, 2.45) is 0 Å². The molecule has 0 aliphatic heterocycles. The first-order chi connectivity index (χ1) is 12.5. The molecule has 0 amide bonds. The van der Waals surface area contributed by atoms with Gasteiger partial charge in [-0.15, -0.1) is 0 Å². The van der Waals surface area contributed by atoms with Crippen LogP contribution in [-0.4, -0.2) is 5.97 Å². The molecular formula is C22H16Cl2O2. The van der Waals surface area contributed by atoms with Crippen molar-refractivity contribution in [3.63, 3.8) is 0 Å². The van der Waals surface area contributed by atoms with E-state index in [1.54, 1.807) is 36.4 Å². The fourth-order valence-corrected chi connectivity index (χ4v) is 2.96. The van der Waals surface area contributed by atoms with Crippen molar-refractivity contribution in [1.29, 1.82) is 0 Å². The van der Waals surface area contributed by atoms with Gasteiger partial charge in [0, 0.05) is 21.7 Å². The lowest BCUT2D eigenvalue weighted by atomic mass is 10.0. The fourth-order valence-electron chi connectivity index (χ4n) is 2.43. The molecular weight excluding hydrogens is 367 g/mol. The summed E-state index contributed by atoms with van der Waals surface area (Å²) in [4.78, 5) is 12.0. The minimum atomic E-state index is -0.496. The zero-order valence-corrected chi connectivity index (χ0v) is 15.6. The van der Waals surface area contributed by atoms with Crippen LogP contribution in [0.15, 0.2) is 72.8 Å². The number of halogens is 2. The van der Waals surface area contributed by atoms with Crippen LogP contribution in [0.1, 0.15) is 11.1 Å². The third-order valence-electron chi connectivity index (χ3n) is 3.84. The van der Waals surface area contributed by atoms with Gasteiger partial charge in [0.25, 0.3) is 0 Å². The van der Waals surface area contributed by atoms with Crippen molar-refractivity contribution >= 4 is 35.2 Å². The van der Waals surface area contributed by atoms with E-state index in [4.69, 9.17) is 27.9 Å². The molecule has 0 saturated carbocycles. The summed E-state index contributed by atoms with van der Waals surface area (Å²) in [6.45, 7) is 2.05. The van der Waals surface area contributed by atoms with Crippen molar-refractivity contribution in [2.75, 3.05) is 0 Å². The highest BCUT2D eigenvalue weighted by atomic mass is 35.5. The monoisotopic (exact) mass is 382 g/mol. The molecule has 0 saturated heterocycles. The summed E-state index contributed by atoms with van der Waals surface area (Å²) in [5.74, 6) is -0.0233. The maximum atomic E-state index is 12.0. The topological polar surface area (TPSA) is 26.3 Å². The predicted molar refractivity (Wildman–Crippen MR) is 108 cm³/mol. The largest absolute Gasteiger partial charge is 0.423 e. The van der Waals surface area contributed by atoms with Gasteiger partial charge in [-0.25, -0.2) is 4.79 Å². The Morgan fingerprint density at radius 2 is 1.38 bits per heavy atom. The van der Waals surface area contributed by atoms with Crippen molar-refractivity contribution in [1.82, 2.24) is 0 Å². The van der Waals surface area contributed by atoms with E-state index >= 15 is 0 Å². The van der Waals surface area contributed by atoms with Gasteiger partial charge in [0.05, 0.1) is 0 Å². The Morgan fingerprint density at radius 1 is 0.846 bits per heavy atom. The van der Waals surface area contributed by atoms with E-state index < -0.39 is 5.97 Å². The third-order valence-corrected chi connectivity index (χ3v) is 4.50. The highest BCUT2D eigenvalue weighted by Gasteiger charge is 2.05. The maximum Gasteiger partial charge on any atom is 0.336 e. The lowest BCUT2D eigenvalue weighted by molar-refractivity contribution is -0.128. The summed E-state index contributed by atoms with van der Waals surface area (Å²) in [5.41, 5.74) is 3.97. The lowest BCUT2D eigenvalue weighted by Gasteiger charge is -2.05. The molecule has 0 heterocycles. The average Bonchev–Trinajstić information content (AvgIpc) is 2.63. The van der Waals surface area contributed by atoms with E-state index in [2.05, 4.69) is 31.2 Å². The molecule has 0 N–H and O–H groups in total. The van der Waals surface area contributed by atoms with Crippen LogP contribution in [0.3, 0.4) is 0 Å². The number of carbonyl (C=O) groups is 1. The number of aryl methyl sites for hydroxylation is 1. The molecule has 0 radical (unpaired) electrons. The third kappa shape index (κ3) is 4.54. The van der Waals surface area contributed by atoms with Gasteiger partial charge in [-0.2, -0.15) is 0 Å². The summed E-state index contributed by atoms with van der Waals surface area (Å²) in [7, 11) is 0. The quantitative estimate of drug-likeness (QED) is 0.289. The number of carbonyl (C=O) groups excluding carboxylic acids is 1. The van der Waals surface area contributed by atoms with Gasteiger partial charge >= 0.3 is 5.97 Å². The van der Waals surface area contributed by atoms with Crippen LogP contribution in [0.5, 0.6) is 5.75 Å². The molecule has 2 nitrogen and oxygen atoms in total. The lowest BCUT2D eigenvalue weighted by Crippen LogP contribution is -2.03. The van der Waals surface area contributed by atoms with Crippen LogP contribution in [0.4, 0.5) is 0 Å². The van der Waals surface area contributed by atoms with E-state index in [-0.39, 0.29) is 0 Å². The molecule has 0 aliphatic rings. The Labute approximate surface area is 162 Å². The van der Waals surface area contributed by atoms with Crippen molar-refractivity contribution < 1.29 is 9.53 Å². The first kappa shape index (κ1) is 18.2. The molecule has 0 bridgehead atoms. The predicted octanol–water partition coefficient (Wildman–Crippen LogP) is 6.59. The number of esters is 1. The number of benzene rings is 3. The molecule has 3 aromatic carbocycles. The van der Waals surface area contributed by atoms with E-state index in [0.717, 1.165) is 11.1 Å². The molecule has 0 spiro atoms. The Kier molecular flexibility index (Phi) is 5.77. The second-order valence-corrected chi connectivity index (χ2v) is 6.59. The van der Waals surface area contributed by atoms with Gasteiger partial charge in [0.15, 0.2) is 0 Å². The van der Waals surface area contributed by atoms with Gasteiger partial charge < -0.3 is 4.74 Å². The first-order valence-electron chi connectivity index (χ1n) is 8.04. The Hall–Kier alpha value is -2.55. The molecule has 3 aromatic rings. The Bertz CT molecular complexity index is 923. The molecule has 0 fully saturated rings. The molecule has 0 unspecified atom stereocenters. The van der Waals surface area contributed by atoms with E-state index in [9.17, 15) is 4.79 Å². The van der Waals surface area contributed by atoms with E-state index in [1.165, 1.54) is 11.6 Å². The van der Waals surface area contributed by atoms with Crippen molar-refractivity contribution in [3.8, 4) is 16.9 Å². The minimum absolute atomic E-state index is 0.473. The first-order valence-corrected chi connectivity index (χ1v) is 8.79. The second-order valence-electron chi connectivity index (χ2n) is 5.78. The fraction of sp³-hybridized carbons (Fsp3) is 0.0455. The SMILES string of the molecule is Cc1ccc(-c2ccc(OC(=O)/C=C/c3c(Cl)cccc3Cl)cc2)cc1. The normalized spacial score (nSPS) is 10.9. The summed E-state index contributed by atoms with van der Waals surface area (Å²) >= 11 is 12.1.